The molecule has 0 bridgehead atoms. The summed E-state index contributed by atoms with van der Waals surface area (Å²) in [4.78, 5) is 15.2. The van der Waals surface area contributed by atoms with Gasteiger partial charge in [-0.3, -0.25) is 4.79 Å². The summed E-state index contributed by atoms with van der Waals surface area (Å²) in [5.74, 6) is 0.0297. The molecule has 1 radical (unpaired) electrons. The number of aliphatic hydroxyl groups is 1. The molecule has 1 aromatic heterocycles. The maximum Gasteiger partial charge on any atom is 0.224 e. The highest BCUT2D eigenvalue weighted by atomic mass is 16.3. The van der Waals surface area contributed by atoms with Crippen molar-refractivity contribution < 1.29 is 9.90 Å². The molecule has 0 spiro atoms. The Bertz CT molecular complexity index is 857. The zero-order valence-corrected chi connectivity index (χ0v) is 15.0. The minimum absolute atomic E-state index is 0.00648. The lowest BCUT2D eigenvalue weighted by Gasteiger charge is -2.29. The number of nitrogens with two attached hydrogens (primary N) is 1. The van der Waals surface area contributed by atoms with Crippen LogP contribution in [0.2, 0.25) is 0 Å². The largest absolute Gasteiger partial charge is 0.396 e. The summed E-state index contributed by atoms with van der Waals surface area (Å²) in [6.45, 7) is 1.79. The van der Waals surface area contributed by atoms with Crippen molar-refractivity contribution in [2.24, 2.45) is 17.6 Å². The van der Waals surface area contributed by atoms with Gasteiger partial charge < -0.3 is 15.8 Å². The van der Waals surface area contributed by atoms with Gasteiger partial charge in [-0.25, -0.2) is 0 Å². The second-order valence-electron chi connectivity index (χ2n) is 6.85. The number of aromatic nitrogens is 1. The summed E-state index contributed by atoms with van der Waals surface area (Å²) in [6.07, 6.45) is 3.36. The van der Waals surface area contributed by atoms with Gasteiger partial charge in [-0.1, -0.05) is 48.5 Å². The van der Waals surface area contributed by atoms with Crippen molar-refractivity contribution in [3.05, 3.63) is 77.8 Å². The normalized spacial score (nSPS) is 13.8. The molecule has 2 aromatic carbocycles. The SMILES string of the molecule is C[C](C(N)=O)C(Cc1c[nH]c2ccccc12)C(CO)Cc1ccccc1. The average molecular weight is 349 g/mol. The fourth-order valence-corrected chi connectivity index (χ4v) is 3.64. The Balaban J connectivity index is 1.89. The standard InChI is InChI=1S/C22H25N2O2/c1-15(22(23)26)20(18(14-25)11-16-7-3-2-4-8-16)12-17-13-24-21-10-6-5-9-19(17)21/h2-10,13,18,20,24-25H,11-12,14H2,1H3,(H2,23,26). The van der Waals surface area contributed by atoms with E-state index in [1.54, 1.807) is 6.92 Å². The number of aromatic amines is 1. The number of carbonyl (C=O) groups excluding carboxylic acids is 1. The van der Waals surface area contributed by atoms with Crippen LogP contribution in [0.1, 0.15) is 18.1 Å². The van der Waals surface area contributed by atoms with Gasteiger partial charge >= 0.3 is 0 Å². The molecule has 4 N–H and O–H groups in total. The van der Waals surface area contributed by atoms with Gasteiger partial charge in [0.05, 0.1) is 5.92 Å². The quantitative estimate of drug-likeness (QED) is 0.583. The molecule has 0 aliphatic rings. The van der Waals surface area contributed by atoms with E-state index in [9.17, 15) is 9.90 Å². The molecule has 135 valence electrons. The summed E-state index contributed by atoms with van der Waals surface area (Å²) in [7, 11) is 0. The van der Waals surface area contributed by atoms with Crippen LogP contribution in [0.4, 0.5) is 0 Å². The van der Waals surface area contributed by atoms with Crippen LogP contribution in [-0.2, 0) is 17.6 Å². The molecule has 26 heavy (non-hydrogen) atoms. The minimum Gasteiger partial charge on any atom is -0.396 e. The van der Waals surface area contributed by atoms with Crippen LogP contribution in [0.25, 0.3) is 10.9 Å². The number of hydrogen-bond acceptors (Lipinski definition) is 2. The molecule has 0 saturated heterocycles. The predicted octanol–water partition coefficient (Wildman–Crippen LogP) is 3.26. The number of aliphatic hydroxyl groups excluding tert-OH is 1. The van der Waals surface area contributed by atoms with Crippen LogP contribution >= 0.6 is 0 Å². The second-order valence-corrected chi connectivity index (χ2v) is 6.85. The van der Waals surface area contributed by atoms with Crippen molar-refractivity contribution in [3.8, 4) is 0 Å². The molecule has 0 aliphatic carbocycles. The fraction of sp³-hybridized carbons (Fsp3) is 0.273. The van der Waals surface area contributed by atoms with E-state index in [0.29, 0.717) is 18.8 Å². The Labute approximate surface area is 154 Å². The van der Waals surface area contributed by atoms with Gasteiger partial charge in [-0.05, 0) is 48.8 Å². The summed E-state index contributed by atoms with van der Waals surface area (Å²) < 4.78 is 0. The number of H-pyrrole nitrogens is 1. The molecule has 4 heteroatoms. The van der Waals surface area contributed by atoms with Gasteiger partial charge in [0.15, 0.2) is 0 Å². The summed E-state index contributed by atoms with van der Waals surface area (Å²) >= 11 is 0. The number of nitrogens with one attached hydrogen (secondary N) is 1. The van der Waals surface area contributed by atoms with Crippen LogP contribution in [0.15, 0.2) is 60.8 Å². The first-order valence-electron chi connectivity index (χ1n) is 8.93. The predicted molar refractivity (Wildman–Crippen MR) is 104 cm³/mol. The Hall–Kier alpha value is -2.59. The maximum atomic E-state index is 11.9. The van der Waals surface area contributed by atoms with Gasteiger partial charge in [-0.2, -0.15) is 0 Å². The Morgan fingerprint density at radius 3 is 2.46 bits per heavy atom. The first-order valence-corrected chi connectivity index (χ1v) is 8.93. The highest BCUT2D eigenvalue weighted by molar-refractivity contribution is 5.88. The van der Waals surface area contributed by atoms with Crippen molar-refractivity contribution in [1.82, 2.24) is 4.98 Å². The lowest BCUT2D eigenvalue weighted by molar-refractivity contribution is -0.117. The summed E-state index contributed by atoms with van der Waals surface area (Å²) in [6, 6.07) is 18.2. The fourth-order valence-electron chi connectivity index (χ4n) is 3.64. The number of hydrogen-bond donors (Lipinski definition) is 3. The molecule has 2 atom stereocenters. The van der Waals surface area contributed by atoms with E-state index < -0.39 is 5.91 Å². The number of rotatable bonds is 8. The molecular formula is C22H25N2O2. The Kier molecular flexibility index (Phi) is 5.74. The van der Waals surface area contributed by atoms with Crippen LogP contribution in [-0.4, -0.2) is 22.6 Å². The van der Waals surface area contributed by atoms with Crippen molar-refractivity contribution >= 4 is 16.8 Å². The average Bonchev–Trinajstić information content (AvgIpc) is 3.07. The molecule has 0 aliphatic heterocycles. The molecule has 1 amide bonds. The van der Waals surface area contributed by atoms with Gasteiger partial charge in [0.25, 0.3) is 0 Å². The van der Waals surface area contributed by atoms with Gasteiger partial charge in [-0.15, -0.1) is 0 Å². The van der Waals surface area contributed by atoms with Crippen molar-refractivity contribution in [2.45, 2.75) is 19.8 Å². The topological polar surface area (TPSA) is 79.1 Å². The smallest absolute Gasteiger partial charge is 0.224 e. The zero-order chi connectivity index (χ0) is 18.5. The lowest BCUT2D eigenvalue weighted by atomic mass is 9.76. The third kappa shape index (κ3) is 3.97. The summed E-state index contributed by atoms with van der Waals surface area (Å²) in [5.41, 5.74) is 8.95. The van der Waals surface area contributed by atoms with E-state index in [0.717, 1.165) is 22.0 Å². The van der Waals surface area contributed by atoms with E-state index >= 15 is 0 Å². The van der Waals surface area contributed by atoms with Crippen LogP contribution < -0.4 is 5.73 Å². The van der Waals surface area contributed by atoms with Crippen molar-refractivity contribution in [3.63, 3.8) is 0 Å². The third-order valence-electron chi connectivity index (χ3n) is 5.20. The zero-order valence-electron chi connectivity index (χ0n) is 15.0. The van der Waals surface area contributed by atoms with Crippen LogP contribution in [0, 0.1) is 17.8 Å². The van der Waals surface area contributed by atoms with E-state index in [1.165, 1.54) is 0 Å². The van der Waals surface area contributed by atoms with E-state index in [4.69, 9.17) is 5.73 Å². The Morgan fingerprint density at radius 1 is 1.08 bits per heavy atom. The molecule has 3 rings (SSSR count). The van der Waals surface area contributed by atoms with E-state index in [2.05, 4.69) is 11.1 Å². The first-order chi connectivity index (χ1) is 12.6. The molecule has 0 fully saturated rings. The van der Waals surface area contributed by atoms with Gasteiger partial charge in [0, 0.05) is 23.7 Å². The third-order valence-corrected chi connectivity index (χ3v) is 5.20. The van der Waals surface area contributed by atoms with Crippen LogP contribution in [0.5, 0.6) is 0 Å². The Morgan fingerprint density at radius 2 is 1.77 bits per heavy atom. The summed E-state index contributed by atoms with van der Waals surface area (Å²) in [5, 5.41) is 11.2. The molecule has 3 aromatic rings. The number of amides is 1. The molecular weight excluding hydrogens is 324 g/mol. The van der Waals surface area contributed by atoms with Gasteiger partial charge in [0.1, 0.15) is 0 Å². The monoisotopic (exact) mass is 349 g/mol. The number of carbonyl (C=O) groups is 1. The highest BCUT2D eigenvalue weighted by Gasteiger charge is 2.31. The van der Waals surface area contributed by atoms with Gasteiger partial charge in [0.2, 0.25) is 5.91 Å². The highest BCUT2D eigenvalue weighted by Crippen LogP contribution is 2.32. The lowest BCUT2D eigenvalue weighted by Crippen LogP contribution is -2.34. The number of benzene rings is 2. The first kappa shape index (κ1) is 18.2. The molecule has 2 unspecified atom stereocenters. The van der Waals surface area contributed by atoms with Crippen LogP contribution in [0.3, 0.4) is 0 Å². The van der Waals surface area contributed by atoms with E-state index in [1.807, 2.05) is 54.7 Å². The van der Waals surface area contributed by atoms with Crippen molar-refractivity contribution in [2.75, 3.05) is 6.61 Å². The number of primary amides is 1. The molecule has 0 saturated carbocycles. The number of para-hydroxylation sites is 1. The maximum absolute atomic E-state index is 11.9. The molecule has 4 nitrogen and oxygen atoms in total. The van der Waals surface area contributed by atoms with Crippen molar-refractivity contribution in [1.29, 1.82) is 0 Å². The number of fused-ring (bicyclic) bond motifs is 1. The van der Waals surface area contributed by atoms with E-state index in [-0.39, 0.29) is 18.4 Å². The second kappa shape index (κ2) is 8.19. The minimum atomic E-state index is -0.402. The molecule has 1 heterocycles.